The van der Waals surface area contributed by atoms with Gasteiger partial charge >= 0.3 is 0 Å². The number of morpholine rings is 1. The van der Waals surface area contributed by atoms with Gasteiger partial charge in [0.15, 0.2) is 0 Å². The molecule has 0 spiro atoms. The van der Waals surface area contributed by atoms with E-state index in [1.165, 1.54) is 0 Å². The van der Waals surface area contributed by atoms with Crippen LogP contribution in [0.15, 0.2) is 36.7 Å². The monoisotopic (exact) mass is 327 g/mol. The Labute approximate surface area is 140 Å². The lowest BCUT2D eigenvalue weighted by Crippen LogP contribution is -2.36. The second-order valence-electron chi connectivity index (χ2n) is 5.55. The second-order valence-corrected chi connectivity index (χ2v) is 5.55. The van der Waals surface area contributed by atoms with Crippen LogP contribution in [0.25, 0.3) is 0 Å². The van der Waals surface area contributed by atoms with E-state index in [1.807, 2.05) is 12.1 Å². The summed E-state index contributed by atoms with van der Waals surface area (Å²) in [5, 5.41) is 2.88. The highest BCUT2D eigenvalue weighted by Gasteiger charge is 2.12. The molecule has 3 heterocycles. The number of carbonyl (C=O) groups is 1. The number of pyridine rings is 2. The molecule has 0 aromatic carbocycles. The lowest BCUT2D eigenvalue weighted by Gasteiger charge is -2.27. The maximum Gasteiger partial charge on any atom is 0.251 e. The topological polar surface area (TPSA) is 93.4 Å². The average molecular weight is 327 g/mol. The van der Waals surface area contributed by atoms with E-state index in [-0.39, 0.29) is 5.91 Å². The van der Waals surface area contributed by atoms with Crippen molar-refractivity contribution in [2.24, 2.45) is 5.73 Å². The lowest BCUT2D eigenvalue weighted by molar-refractivity contribution is 0.0950. The van der Waals surface area contributed by atoms with E-state index >= 15 is 0 Å². The predicted octanol–water partition coefficient (Wildman–Crippen LogP) is 0.702. The van der Waals surface area contributed by atoms with Gasteiger partial charge in [0.1, 0.15) is 5.82 Å². The van der Waals surface area contributed by atoms with Crippen LogP contribution >= 0.6 is 0 Å². The number of anilines is 1. The molecule has 1 aliphatic rings. The van der Waals surface area contributed by atoms with Crippen LogP contribution in [0.4, 0.5) is 5.82 Å². The lowest BCUT2D eigenvalue weighted by atomic mass is 10.2. The van der Waals surface area contributed by atoms with E-state index in [2.05, 4.69) is 20.2 Å². The SMILES string of the molecule is NCc1cc(C(=O)NCc2ccc(N3CCOCC3)nc2)ccn1. The number of aromatic nitrogens is 2. The van der Waals surface area contributed by atoms with Crippen LogP contribution < -0.4 is 16.0 Å². The van der Waals surface area contributed by atoms with E-state index in [9.17, 15) is 4.79 Å². The van der Waals surface area contributed by atoms with Crippen LogP contribution in [0.3, 0.4) is 0 Å². The summed E-state index contributed by atoms with van der Waals surface area (Å²) >= 11 is 0. The first kappa shape index (κ1) is 16.4. The van der Waals surface area contributed by atoms with Gasteiger partial charge in [0.2, 0.25) is 0 Å². The third-order valence-corrected chi connectivity index (χ3v) is 3.89. The zero-order valence-electron chi connectivity index (χ0n) is 13.4. The van der Waals surface area contributed by atoms with Crippen molar-refractivity contribution in [3.05, 3.63) is 53.5 Å². The molecule has 7 heteroatoms. The van der Waals surface area contributed by atoms with Gasteiger partial charge in [-0.3, -0.25) is 9.78 Å². The first-order chi connectivity index (χ1) is 11.8. The molecule has 1 saturated heterocycles. The molecule has 0 aliphatic carbocycles. The van der Waals surface area contributed by atoms with Crippen LogP contribution in [0, 0.1) is 0 Å². The average Bonchev–Trinajstić information content (AvgIpc) is 2.67. The summed E-state index contributed by atoms with van der Waals surface area (Å²) in [6.07, 6.45) is 3.39. The fourth-order valence-electron chi connectivity index (χ4n) is 2.52. The minimum Gasteiger partial charge on any atom is -0.378 e. The van der Waals surface area contributed by atoms with E-state index in [0.29, 0.717) is 24.3 Å². The number of hydrogen-bond acceptors (Lipinski definition) is 6. The van der Waals surface area contributed by atoms with Crippen molar-refractivity contribution in [1.29, 1.82) is 0 Å². The van der Waals surface area contributed by atoms with Crippen molar-refractivity contribution in [1.82, 2.24) is 15.3 Å². The van der Waals surface area contributed by atoms with Gasteiger partial charge in [0.25, 0.3) is 5.91 Å². The maximum absolute atomic E-state index is 12.2. The Bertz CT molecular complexity index is 684. The molecule has 0 unspecified atom stereocenters. The molecule has 7 nitrogen and oxygen atoms in total. The summed E-state index contributed by atoms with van der Waals surface area (Å²) in [4.78, 5) is 22.9. The van der Waals surface area contributed by atoms with Crippen molar-refractivity contribution >= 4 is 11.7 Å². The minimum atomic E-state index is -0.149. The molecular weight excluding hydrogens is 306 g/mol. The van der Waals surface area contributed by atoms with Gasteiger partial charge in [0, 0.05) is 44.1 Å². The number of rotatable bonds is 5. The first-order valence-electron chi connectivity index (χ1n) is 7.97. The van der Waals surface area contributed by atoms with E-state index < -0.39 is 0 Å². The number of amides is 1. The number of carbonyl (C=O) groups excluding carboxylic acids is 1. The zero-order valence-corrected chi connectivity index (χ0v) is 13.4. The van der Waals surface area contributed by atoms with E-state index in [4.69, 9.17) is 10.5 Å². The smallest absolute Gasteiger partial charge is 0.251 e. The van der Waals surface area contributed by atoms with Gasteiger partial charge in [-0.2, -0.15) is 0 Å². The first-order valence-corrected chi connectivity index (χ1v) is 7.97. The van der Waals surface area contributed by atoms with Crippen LogP contribution in [0.5, 0.6) is 0 Å². The summed E-state index contributed by atoms with van der Waals surface area (Å²) < 4.78 is 5.34. The van der Waals surface area contributed by atoms with Gasteiger partial charge in [-0.1, -0.05) is 6.07 Å². The second kappa shape index (κ2) is 7.85. The third-order valence-electron chi connectivity index (χ3n) is 3.89. The summed E-state index contributed by atoms with van der Waals surface area (Å²) in [5.41, 5.74) is 7.75. The van der Waals surface area contributed by atoms with Crippen molar-refractivity contribution < 1.29 is 9.53 Å². The Morgan fingerprint density at radius 3 is 2.79 bits per heavy atom. The molecule has 2 aromatic rings. The van der Waals surface area contributed by atoms with Crippen LogP contribution in [-0.4, -0.2) is 42.2 Å². The number of ether oxygens (including phenoxy) is 1. The Kier molecular flexibility index (Phi) is 5.35. The number of nitrogens with one attached hydrogen (secondary N) is 1. The minimum absolute atomic E-state index is 0.149. The summed E-state index contributed by atoms with van der Waals surface area (Å²) in [6, 6.07) is 7.34. The normalized spacial score (nSPS) is 14.5. The highest BCUT2D eigenvalue weighted by Crippen LogP contribution is 2.13. The Hall–Kier alpha value is -2.51. The fraction of sp³-hybridized carbons (Fsp3) is 0.353. The Morgan fingerprint density at radius 2 is 2.08 bits per heavy atom. The van der Waals surface area contributed by atoms with Crippen LogP contribution in [-0.2, 0) is 17.8 Å². The molecule has 0 radical (unpaired) electrons. The van der Waals surface area contributed by atoms with Crippen molar-refractivity contribution in [2.45, 2.75) is 13.1 Å². The van der Waals surface area contributed by atoms with E-state index in [0.717, 1.165) is 37.7 Å². The zero-order chi connectivity index (χ0) is 16.8. The van der Waals surface area contributed by atoms with Crippen LogP contribution in [0.1, 0.15) is 21.6 Å². The number of nitrogens with zero attached hydrogens (tertiary/aromatic N) is 3. The molecule has 0 bridgehead atoms. The third kappa shape index (κ3) is 4.06. The molecule has 0 saturated carbocycles. The van der Waals surface area contributed by atoms with Gasteiger partial charge < -0.3 is 20.7 Å². The summed E-state index contributed by atoms with van der Waals surface area (Å²) in [7, 11) is 0. The fourth-order valence-corrected chi connectivity index (χ4v) is 2.52. The molecule has 1 aliphatic heterocycles. The van der Waals surface area contributed by atoms with Crippen molar-refractivity contribution in [2.75, 3.05) is 31.2 Å². The molecule has 1 amide bonds. The Morgan fingerprint density at radius 1 is 1.25 bits per heavy atom. The summed E-state index contributed by atoms with van der Waals surface area (Å²) in [5.74, 6) is 0.791. The van der Waals surface area contributed by atoms with Gasteiger partial charge in [-0.05, 0) is 23.8 Å². The molecule has 3 rings (SSSR count). The summed E-state index contributed by atoms with van der Waals surface area (Å²) in [6.45, 7) is 3.92. The van der Waals surface area contributed by atoms with Gasteiger partial charge in [0.05, 0.1) is 18.9 Å². The molecule has 1 fully saturated rings. The molecule has 2 aromatic heterocycles. The largest absolute Gasteiger partial charge is 0.378 e. The number of hydrogen-bond donors (Lipinski definition) is 2. The van der Waals surface area contributed by atoms with Gasteiger partial charge in [-0.25, -0.2) is 4.98 Å². The molecule has 126 valence electrons. The van der Waals surface area contributed by atoms with Crippen molar-refractivity contribution in [3.8, 4) is 0 Å². The highest BCUT2D eigenvalue weighted by molar-refractivity contribution is 5.94. The van der Waals surface area contributed by atoms with E-state index in [1.54, 1.807) is 24.5 Å². The number of nitrogens with two attached hydrogens (primary N) is 1. The molecule has 24 heavy (non-hydrogen) atoms. The van der Waals surface area contributed by atoms with Crippen molar-refractivity contribution in [3.63, 3.8) is 0 Å². The maximum atomic E-state index is 12.2. The standard InChI is InChI=1S/C17H21N5O2/c18-10-15-9-14(3-4-19-15)17(23)21-12-13-1-2-16(20-11-13)22-5-7-24-8-6-22/h1-4,9,11H,5-8,10,12,18H2,(H,21,23). The highest BCUT2D eigenvalue weighted by atomic mass is 16.5. The molecular formula is C17H21N5O2. The molecule has 3 N–H and O–H groups in total. The Balaban J connectivity index is 1.56. The van der Waals surface area contributed by atoms with Gasteiger partial charge in [-0.15, -0.1) is 0 Å². The van der Waals surface area contributed by atoms with Crippen LogP contribution in [0.2, 0.25) is 0 Å². The predicted molar refractivity (Wildman–Crippen MR) is 90.6 cm³/mol. The molecule has 0 atom stereocenters. The quantitative estimate of drug-likeness (QED) is 0.840.